The van der Waals surface area contributed by atoms with Gasteiger partial charge in [-0.05, 0) is 68.8 Å². The lowest BCUT2D eigenvalue weighted by Gasteiger charge is -2.32. The summed E-state index contributed by atoms with van der Waals surface area (Å²) in [6.07, 6.45) is 2.64. The topological polar surface area (TPSA) is 90.7 Å². The number of pyridine rings is 1. The van der Waals surface area contributed by atoms with Crippen LogP contribution in [0.3, 0.4) is 0 Å². The van der Waals surface area contributed by atoms with Crippen molar-refractivity contribution in [2.24, 2.45) is 0 Å². The van der Waals surface area contributed by atoms with Gasteiger partial charge in [0, 0.05) is 40.6 Å². The van der Waals surface area contributed by atoms with E-state index in [0.29, 0.717) is 28.1 Å². The second-order valence-corrected chi connectivity index (χ2v) is 11.2. The van der Waals surface area contributed by atoms with E-state index in [9.17, 15) is 9.18 Å². The van der Waals surface area contributed by atoms with Gasteiger partial charge in [-0.25, -0.2) is 19.2 Å². The summed E-state index contributed by atoms with van der Waals surface area (Å²) in [5, 5.41) is 3.08. The zero-order valence-corrected chi connectivity index (χ0v) is 24.1. The number of carbonyl (C=O) groups excluding carboxylic acids is 1. The van der Waals surface area contributed by atoms with Crippen LogP contribution in [0.15, 0.2) is 54.6 Å². The van der Waals surface area contributed by atoms with Crippen LogP contribution in [0.25, 0.3) is 11.0 Å². The quantitative estimate of drug-likeness (QED) is 0.249. The molecule has 2 fully saturated rings. The molecule has 0 spiro atoms. The summed E-state index contributed by atoms with van der Waals surface area (Å²) in [6.45, 7) is 4.17. The molecule has 0 aliphatic carbocycles. The number of nitrogens with one attached hydrogen (secondary N) is 1. The molecule has 2 aliphatic heterocycles. The van der Waals surface area contributed by atoms with Crippen molar-refractivity contribution in [3.05, 3.63) is 82.5 Å². The Morgan fingerprint density at radius 3 is 2.69 bits per heavy atom. The summed E-state index contributed by atoms with van der Waals surface area (Å²) in [4.78, 5) is 23.8. The molecular weight excluding hydrogens is 561 g/mol. The minimum absolute atomic E-state index is 0.0883. The van der Waals surface area contributed by atoms with Crippen LogP contribution >= 0.6 is 11.6 Å². The number of benzene rings is 2. The number of fused-ring (bicyclic) bond motifs is 1. The van der Waals surface area contributed by atoms with E-state index in [1.165, 1.54) is 13.2 Å². The van der Waals surface area contributed by atoms with Gasteiger partial charge in [0.15, 0.2) is 0 Å². The second kappa shape index (κ2) is 12.6. The third kappa shape index (κ3) is 6.51. The highest BCUT2D eigenvalue weighted by Crippen LogP contribution is 2.30. The molecule has 4 heterocycles. The van der Waals surface area contributed by atoms with Crippen molar-refractivity contribution >= 4 is 34.4 Å². The fourth-order valence-electron chi connectivity index (χ4n) is 5.50. The van der Waals surface area contributed by atoms with Crippen LogP contribution in [0.4, 0.5) is 14.9 Å². The number of hydrogen-bond donors (Lipinski definition) is 1. The van der Waals surface area contributed by atoms with E-state index in [2.05, 4.69) is 14.8 Å². The Bertz CT molecular complexity index is 1570. The van der Waals surface area contributed by atoms with Gasteiger partial charge in [0.05, 0.1) is 37.3 Å². The normalized spacial score (nSPS) is 17.6. The van der Waals surface area contributed by atoms with Crippen LogP contribution in [-0.4, -0.2) is 58.4 Å². The van der Waals surface area contributed by atoms with Crippen LogP contribution in [0.2, 0.25) is 5.02 Å². The predicted octanol–water partition coefficient (Wildman–Crippen LogP) is 6.15. The molecule has 11 heteroatoms. The number of nitrogens with zero attached hydrogens (tertiary/aromatic N) is 4. The Kier molecular flexibility index (Phi) is 8.55. The number of likely N-dealkylation sites (tertiary alicyclic amines) is 1. The van der Waals surface area contributed by atoms with Gasteiger partial charge in [-0.2, -0.15) is 0 Å². The number of piperidine rings is 1. The molecule has 1 atom stereocenters. The summed E-state index contributed by atoms with van der Waals surface area (Å²) in [7, 11) is 1.34. The van der Waals surface area contributed by atoms with E-state index in [-0.39, 0.29) is 12.7 Å². The Morgan fingerprint density at radius 2 is 1.95 bits per heavy atom. The van der Waals surface area contributed by atoms with E-state index >= 15 is 0 Å². The van der Waals surface area contributed by atoms with E-state index in [1.807, 2.05) is 30.3 Å². The molecule has 2 aromatic carbocycles. The Hall–Kier alpha value is -3.73. The van der Waals surface area contributed by atoms with Gasteiger partial charge < -0.3 is 18.8 Å². The Labute approximate surface area is 248 Å². The van der Waals surface area contributed by atoms with Crippen LogP contribution < -0.4 is 10.1 Å². The van der Waals surface area contributed by atoms with Crippen molar-refractivity contribution in [3.8, 4) is 5.88 Å². The molecule has 4 aromatic rings. The average Bonchev–Trinajstić information content (AvgIpc) is 3.30. The molecule has 1 amide bonds. The fraction of sp³-hybridized carbons (Fsp3) is 0.387. The number of anilines is 1. The summed E-state index contributed by atoms with van der Waals surface area (Å²) in [5.74, 6) is 1.39. The molecule has 0 unspecified atom stereocenters. The third-order valence-electron chi connectivity index (χ3n) is 7.95. The van der Waals surface area contributed by atoms with Crippen molar-refractivity contribution < 1.29 is 23.4 Å². The van der Waals surface area contributed by atoms with Crippen molar-refractivity contribution in [1.82, 2.24) is 19.4 Å². The minimum Gasteiger partial charge on any atom is -0.473 e. The summed E-state index contributed by atoms with van der Waals surface area (Å²) >= 11 is 5.85. The highest BCUT2D eigenvalue weighted by Gasteiger charge is 2.26. The van der Waals surface area contributed by atoms with Gasteiger partial charge in [0.25, 0.3) is 0 Å². The van der Waals surface area contributed by atoms with E-state index in [1.54, 1.807) is 18.2 Å². The maximum atomic E-state index is 14.1. The number of rotatable bonds is 9. The number of methoxy groups -OCH3 is 1. The molecule has 42 heavy (non-hydrogen) atoms. The number of carbonyl (C=O) groups is 1. The number of imidazole rings is 1. The smallest absolute Gasteiger partial charge is 0.411 e. The van der Waals surface area contributed by atoms with Gasteiger partial charge in [0.1, 0.15) is 18.2 Å². The zero-order valence-electron chi connectivity index (χ0n) is 23.4. The van der Waals surface area contributed by atoms with Gasteiger partial charge in [0.2, 0.25) is 5.88 Å². The summed E-state index contributed by atoms with van der Waals surface area (Å²) in [6, 6.07) is 16.1. The molecule has 0 saturated carbocycles. The molecule has 0 bridgehead atoms. The largest absolute Gasteiger partial charge is 0.473 e. The lowest BCUT2D eigenvalue weighted by atomic mass is 9.93. The van der Waals surface area contributed by atoms with Gasteiger partial charge >= 0.3 is 6.09 Å². The van der Waals surface area contributed by atoms with Crippen LogP contribution in [0, 0.1) is 5.82 Å². The first-order valence-corrected chi connectivity index (χ1v) is 14.5. The first-order valence-electron chi connectivity index (χ1n) is 14.2. The molecule has 1 N–H and O–H groups in total. The first-order chi connectivity index (χ1) is 20.4. The second-order valence-electron chi connectivity index (χ2n) is 10.7. The standard InChI is InChI=1S/C31H33ClFN5O4/c1-40-31(39)34-23-7-8-28-27(16-23)35-29(38(28)17-24-11-14-41-24)18-37-12-9-20(10-13-37)26-3-2-4-30(36-26)42-19-21-5-6-22(32)15-25(21)33/h2-8,15-16,20,24H,9-14,17-19H2,1H3,(H,34,39)/t24-/m0/s1. The van der Waals surface area contributed by atoms with Crippen molar-refractivity contribution in [2.45, 2.75) is 51.0 Å². The highest BCUT2D eigenvalue weighted by molar-refractivity contribution is 6.30. The average molecular weight is 594 g/mol. The molecule has 2 aromatic heterocycles. The highest BCUT2D eigenvalue weighted by atomic mass is 35.5. The monoisotopic (exact) mass is 593 g/mol. The predicted molar refractivity (Wildman–Crippen MR) is 157 cm³/mol. The van der Waals surface area contributed by atoms with Crippen LogP contribution in [-0.2, 0) is 29.2 Å². The van der Waals surface area contributed by atoms with E-state index in [0.717, 1.165) is 74.6 Å². The molecule has 2 aliphatic rings. The van der Waals surface area contributed by atoms with Crippen LogP contribution in [0.5, 0.6) is 5.88 Å². The van der Waals surface area contributed by atoms with E-state index < -0.39 is 11.9 Å². The molecule has 220 valence electrons. The van der Waals surface area contributed by atoms with Crippen molar-refractivity contribution in [1.29, 1.82) is 0 Å². The lowest BCUT2D eigenvalue weighted by Crippen LogP contribution is -2.35. The summed E-state index contributed by atoms with van der Waals surface area (Å²) < 4.78 is 32.7. The van der Waals surface area contributed by atoms with E-state index in [4.69, 9.17) is 35.8 Å². The first kappa shape index (κ1) is 28.4. The van der Waals surface area contributed by atoms with Crippen molar-refractivity contribution in [2.75, 3.05) is 32.1 Å². The number of halogens is 2. The maximum absolute atomic E-state index is 14.1. The van der Waals surface area contributed by atoms with Gasteiger partial charge in [-0.1, -0.05) is 23.7 Å². The lowest BCUT2D eigenvalue weighted by molar-refractivity contribution is -0.0592. The van der Waals surface area contributed by atoms with Gasteiger partial charge in [-0.15, -0.1) is 0 Å². The fourth-order valence-corrected chi connectivity index (χ4v) is 5.66. The SMILES string of the molecule is COC(=O)Nc1ccc2c(c1)nc(CN1CCC(c3cccc(OCc4ccc(Cl)cc4F)n3)CC1)n2C[C@@H]1CCO1. The molecule has 6 rings (SSSR count). The molecule has 9 nitrogen and oxygen atoms in total. The Morgan fingerprint density at radius 1 is 1.12 bits per heavy atom. The zero-order chi connectivity index (χ0) is 29.1. The molecule has 2 saturated heterocycles. The van der Waals surface area contributed by atoms with Gasteiger partial charge in [-0.3, -0.25) is 10.2 Å². The minimum atomic E-state index is -0.512. The maximum Gasteiger partial charge on any atom is 0.411 e. The summed E-state index contributed by atoms with van der Waals surface area (Å²) in [5.41, 5.74) is 3.91. The third-order valence-corrected chi connectivity index (χ3v) is 8.18. The van der Waals surface area contributed by atoms with Crippen molar-refractivity contribution in [3.63, 3.8) is 0 Å². The number of aromatic nitrogens is 3. The number of ether oxygens (including phenoxy) is 3. The van der Waals surface area contributed by atoms with Crippen LogP contribution in [0.1, 0.15) is 42.3 Å². The number of hydrogen-bond acceptors (Lipinski definition) is 7. The molecule has 0 radical (unpaired) electrons. The Balaban J connectivity index is 1.10. The molecular formula is C31H33ClFN5O4. The number of amides is 1.